The number of hydrogen-bond acceptors (Lipinski definition) is 9. The van der Waals surface area contributed by atoms with Crippen LogP contribution in [0.25, 0.3) is 11.5 Å². The topological polar surface area (TPSA) is 135 Å². The fourth-order valence-electron chi connectivity index (χ4n) is 3.59. The monoisotopic (exact) mass is 490 g/mol. The number of alkyl halides is 3. The van der Waals surface area contributed by atoms with Crippen LogP contribution in [0.4, 0.5) is 13.2 Å². The van der Waals surface area contributed by atoms with E-state index in [-0.39, 0.29) is 23.7 Å². The van der Waals surface area contributed by atoms with Crippen LogP contribution in [0, 0.1) is 11.5 Å². The van der Waals surface area contributed by atoms with Gasteiger partial charge in [-0.15, -0.1) is 23.4 Å². The highest BCUT2D eigenvalue weighted by Gasteiger charge is 2.33. The van der Waals surface area contributed by atoms with E-state index in [0.29, 0.717) is 25.1 Å². The number of nitriles is 1. The van der Waals surface area contributed by atoms with Gasteiger partial charge < -0.3 is 19.4 Å². The van der Waals surface area contributed by atoms with Crippen LogP contribution in [0.1, 0.15) is 41.4 Å². The number of hydrogen-bond donors (Lipinski definition) is 1. The third kappa shape index (κ3) is 6.46. The molecule has 14 heteroatoms. The molecule has 5 rings (SSSR count). The summed E-state index contributed by atoms with van der Waals surface area (Å²) in [4.78, 5) is 15.4. The summed E-state index contributed by atoms with van der Waals surface area (Å²) in [5, 5.41) is 26.6. The van der Waals surface area contributed by atoms with Gasteiger partial charge in [0.2, 0.25) is 5.89 Å². The molecule has 3 heterocycles. The van der Waals surface area contributed by atoms with E-state index in [1.165, 1.54) is 21.8 Å². The molecular weight excluding hydrogens is 469 g/mol. The summed E-state index contributed by atoms with van der Waals surface area (Å²) in [7, 11) is 1.78. The molecule has 0 spiro atoms. The Morgan fingerprint density at radius 2 is 1.97 bits per heavy atom. The Morgan fingerprint density at radius 3 is 2.54 bits per heavy atom. The largest absolute Gasteiger partial charge is 0.573 e. The predicted octanol–water partition coefficient (Wildman–Crippen LogP) is 2.61. The van der Waals surface area contributed by atoms with Crippen LogP contribution in [-0.4, -0.2) is 61.5 Å². The summed E-state index contributed by atoms with van der Waals surface area (Å²) in [6.07, 6.45) is 2.90. The highest BCUT2D eigenvalue weighted by atomic mass is 19.4. The van der Waals surface area contributed by atoms with Gasteiger partial charge in [0.1, 0.15) is 5.75 Å². The Kier molecular flexibility index (Phi) is 6.85. The summed E-state index contributed by atoms with van der Waals surface area (Å²) in [5.41, 5.74) is 1.09. The van der Waals surface area contributed by atoms with Gasteiger partial charge in [0.15, 0.2) is 6.19 Å². The minimum atomic E-state index is -4.82. The molecule has 1 saturated heterocycles. The van der Waals surface area contributed by atoms with Crippen molar-refractivity contribution in [1.82, 2.24) is 35.4 Å². The Labute approximate surface area is 197 Å². The van der Waals surface area contributed by atoms with Crippen LogP contribution in [0.3, 0.4) is 0 Å². The van der Waals surface area contributed by atoms with Crippen LogP contribution < -0.4 is 10.1 Å². The number of likely N-dealkylation sites (tertiary alicyclic amines) is 1. The van der Waals surface area contributed by atoms with E-state index in [9.17, 15) is 18.0 Å². The maximum atomic E-state index is 12.6. The minimum Gasteiger partial charge on any atom is -0.412 e. The number of nitrogens with zero attached hydrogens (tertiary/aromatic N) is 7. The molecule has 0 radical (unpaired) electrons. The maximum absolute atomic E-state index is 12.6. The fourth-order valence-corrected chi connectivity index (χ4v) is 3.59. The third-order valence-corrected chi connectivity index (χ3v) is 5.32. The first-order chi connectivity index (χ1) is 16.7. The van der Waals surface area contributed by atoms with Gasteiger partial charge in [-0.25, -0.2) is 0 Å². The first kappa shape index (κ1) is 24.0. The highest BCUT2D eigenvalue weighted by molar-refractivity contribution is 5.90. The molecule has 1 amide bonds. The van der Waals surface area contributed by atoms with E-state index < -0.39 is 18.0 Å². The summed E-state index contributed by atoms with van der Waals surface area (Å²) in [6, 6.07) is 3.77. The van der Waals surface area contributed by atoms with Gasteiger partial charge in [-0.2, -0.15) is 20.3 Å². The Hall–Kier alpha value is -4.15. The van der Waals surface area contributed by atoms with Crippen LogP contribution in [0.5, 0.6) is 5.75 Å². The van der Waals surface area contributed by atoms with Gasteiger partial charge in [-0.05, 0) is 42.9 Å². The molecule has 2 fully saturated rings. The first-order valence-electron chi connectivity index (χ1n) is 10.7. The van der Waals surface area contributed by atoms with Gasteiger partial charge in [0.05, 0.1) is 12.4 Å². The fraction of sp³-hybridized carbons (Fsp3) is 0.429. The lowest BCUT2D eigenvalue weighted by atomic mass is 10.0. The summed E-state index contributed by atoms with van der Waals surface area (Å²) in [5.74, 6) is -1.13. The molecule has 0 bridgehead atoms. The SMILES string of the molecule is Cn1nccn1.N#CN1CCC(NC(=O)c2nnc(-c3cc(OC(F)(F)F)ccc3C3CC3)o2)C1. The van der Waals surface area contributed by atoms with Crippen LogP contribution in [0.15, 0.2) is 35.0 Å². The molecule has 1 aliphatic carbocycles. The van der Waals surface area contributed by atoms with Gasteiger partial charge in [0, 0.05) is 31.7 Å². The summed E-state index contributed by atoms with van der Waals surface area (Å²) >= 11 is 0. The number of aryl methyl sites for hydroxylation is 1. The summed E-state index contributed by atoms with van der Waals surface area (Å²) < 4.78 is 47.1. The van der Waals surface area contributed by atoms with Crippen LogP contribution in [-0.2, 0) is 7.05 Å². The molecular formula is C21H21F3N8O3. The second kappa shape index (κ2) is 10.00. The van der Waals surface area contributed by atoms with Crippen molar-refractivity contribution in [1.29, 1.82) is 5.26 Å². The Bertz CT molecular complexity index is 1200. The predicted molar refractivity (Wildman–Crippen MR) is 112 cm³/mol. The van der Waals surface area contributed by atoms with Crippen molar-refractivity contribution in [3.63, 3.8) is 0 Å². The number of amides is 1. The number of carbonyl (C=O) groups is 1. The summed E-state index contributed by atoms with van der Waals surface area (Å²) in [6.45, 7) is 0.944. The van der Waals surface area contributed by atoms with Gasteiger partial charge in [-0.1, -0.05) is 6.07 Å². The minimum absolute atomic E-state index is 0.0465. The zero-order valence-electron chi connectivity index (χ0n) is 18.6. The van der Waals surface area contributed by atoms with Crippen molar-refractivity contribution >= 4 is 5.91 Å². The number of nitrogens with one attached hydrogen (secondary N) is 1. The van der Waals surface area contributed by atoms with E-state index in [4.69, 9.17) is 9.68 Å². The van der Waals surface area contributed by atoms with Crippen molar-refractivity contribution in [2.45, 2.75) is 37.6 Å². The number of rotatable bonds is 5. The molecule has 2 aromatic heterocycles. The molecule has 2 aliphatic rings. The molecule has 1 aromatic carbocycles. The van der Waals surface area contributed by atoms with Gasteiger partial charge >= 0.3 is 18.2 Å². The van der Waals surface area contributed by atoms with E-state index in [0.717, 1.165) is 18.4 Å². The zero-order chi connectivity index (χ0) is 25.0. The second-order valence-corrected chi connectivity index (χ2v) is 8.01. The molecule has 3 aromatic rings. The number of aromatic nitrogens is 5. The maximum Gasteiger partial charge on any atom is 0.573 e. The van der Waals surface area contributed by atoms with Crippen molar-refractivity contribution < 1.29 is 27.1 Å². The van der Waals surface area contributed by atoms with E-state index in [1.54, 1.807) is 25.5 Å². The quantitative estimate of drug-likeness (QED) is 0.536. The van der Waals surface area contributed by atoms with Crippen molar-refractivity contribution in [3.05, 3.63) is 42.0 Å². The van der Waals surface area contributed by atoms with Crippen molar-refractivity contribution in [2.24, 2.45) is 7.05 Å². The number of carbonyl (C=O) groups excluding carboxylic acids is 1. The Morgan fingerprint density at radius 1 is 1.23 bits per heavy atom. The second-order valence-electron chi connectivity index (χ2n) is 8.01. The van der Waals surface area contributed by atoms with Crippen molar-refractivity contribution in [2.75, 3.05) is 13.1 Å². The van der Waals surface area contributed by atoms with Gasteiger partial charge in [0.25, 0.3) is 0 Å². The molecule has 11 nitrogen and oxygen atoms in total. The molecule has 1 unspecified atom stereocenters. The molecule has 1 N–H and O–H groups in total. The number of ether oxygens (including phenoxy) is 1. The molecule has 35 heavy (non-hydrogen) atoms. The average molecular weight is 490 g/mol. The molecule has 184 valence electrons. The lowest BCUT2D eigenvalue weighted by Gasteiger charge is -2.12. The zero-order valence-corrected chi connectivity index (χ0v) is 18.6. The van der Waals surface area contributed by atoms with Gasteiger partial charge in [-0.3, -0.25) is 4.79 Å². The molecule has 1 aliphatic heterocycles. The third-order valence-electron chi connectivity index (χ3n) is 5.32. The normalized spacial score (nSPS) is 17.3. The number of halogens is 3. The van der Waals surface area contributed by atoms with Crippen LogP contribution >= 0.6 is 0 Å². The number of benzene rings is 1. The van der Waals surface area contributed by atoms with Crippen LogP contribution in [0.2, 0.25) is 0 Å². The lowest BCUT2D eigenvalue weighted by molar-refractivity contribution is -0.274. The van der Waals surface area contributed by atoms with E-state index in [2.05, 4.69) is 30.4 Å². The molecule has 1 atom stereocenters. The highest BCUT2D eigenvalue weighted by Crippen LogP contribution is 2.45. The Balaban J connectivity index is 0.000000421. The average Bonchev–Trinajstić information content (AvgIpc) is 3.18. The lowest BCUT2D eigenvalue weighted by Crippen LogP contribution is -2.36. The first-order valence-corrected chi connectivity index (χ1v) is 10.7. The smallest absolute Gasteiger partial charge is 0.412 e. The van der Waals surface area contributed by atoms with Crippen molar-refractivity contribution in [3.8, 4) is 23.4 Å². The molecule has 1 saturated carbocycles. The standard InChI is InChI=1S/C18H16F3N5O3.C3H5N3/c19-18(20,21)29-12-3-4-13(10-1-2-10)14(7-12)16-24-25-17(28-16)15(27)23-11-5-6-26(8-11)9-22;1-6-4-2-3-5-6/h3-4,7,10-11H,1-2,5-6,8H2,(H,23,27);2-3H,1H3. The van der Waals surface area contributed by atoms with E-state index >= 15 is 0 Å². The van der Waals surface area contributed by atoms with E-state index in [1.807, 2.05) is 6.19 Å².